The molecule has 3 rings (SSSR count). The summed E-state index contributed by atoms with van der Waals surface area (Å²) >= 11 is 1.60. The molecule has 0 fully saturated rings. The summed E-state index contributed by atoms with van der Waals surface area (Å²) in [5.41, 5.74) is 2.34. The number of hydrogen-bond donors (Lipinski definition) is 0. The van der Waals surface area contributed by atoms with Crippen LogP contribution in [0.25, 0.3) is 0 Å². The topological polar surface area (TPSA) is 56.9 Å². The van der Waals surface area contributed by atoms with Crippen LogP contribution in [0.1, 0.15) is 46.6 Å². The van der Waals surface area contributed by atoms with Crippen LogP contribution in [0.5, 0.6) is 5.75 Å². The standard InChI is InChI=1S/C24H32N2O3S/c1-23(2,3)17-24(4,5)18-10-11-21-19(16-18)25-26(27)20-8-6-7-9-22(20)30-15-14-28-12-13-29-21/h6-11,16H,12-15,17H2,1-5H3. The van der Waals surface area contributed by atoms with E-state index in [4.69, 9.17) is 9.47 Å². The molecule has 2 aromatic rings. The summed E-state index contributed by atoms with van der Waals surface area (Å²) in [5.74, 6) is 1.36. The Morgan fingerprint density at radius 1 is 1.03 bits per heavy atom. The van der Waals surface area contributed by atoms with E-state index in [1.54, 1.807) is 17.8 Å². The van der Waals surface area contributed by atoms with Gasteiger partial charge < -0.3 is 14.7 Å². The van der Waals surface area contributed by atoms with Crippen molar-refractivity contribution >= 4 is 23.1 Å². The summed E-state index contributed by atoms with van der Waals surface area (Å²) in [6, 6.07) is 13.5. The molecule has 2 aromatic carbocycles. The molecule has 5 nitrogen and oxygen atoms in total. The molecule has 0 radical (unpaired) electrons. The molecule has 0 bridgehead atoms. The molecular formula is C24H32N2O3S. The number of rotatable bonds is 2. The summed E-state index contributed by atoms with van der Waals surface area (Å²) in [5, 5.41) is 17.4. The number of fused-ring (bicyclic) bond motifs is 2. The maximum atomic E-state index is 13.0. The van der Waals surface area contributed by atoms with E-state index in [-0.39, 0.29) is 10.8 Å². The van der Waals surface area contributed by atoms with Crippen LogP contribution in [0.15, 0.2) is 52.5 Å². The summed E-state index contributed by atoms with van der Waals surface area (Å²) in [6.45, 7) is 12.7. The molecule has 162 valence electrons. The maximum absolute atomic E-state index is 13.0. The predicted molar refractivity (Wildman–Crippen MR) is 122 cm³/mol. The van der Waals surface area contributed by atoms with E-state index in [1.165, 1.54) is 0 Å². The van der Waals surface area contributed by atoms with Crippen molar-refractivity contribution in [3.8, 4) is 5.75 Å². The van der Waals surface area contributed by atoms with Crippen LogP contribution < -0.4 is 4.74 Å². The van der Waals surface area contributed by atoms with Gasteiger partial charge in [-0.3, -0.25) is 0 Å². The van der Waals surface area contributed by atoms with E-state index in [0.717, 1.165) is 22.6 Å². The molecule has 0 unspecified atom stereocenters. The molecule has 0 aliphatic carbocycles. The lowest BCUT2D eigenvalue weighted by atomic mass is 9.72. The molecular weight excluding hydrogens is 396 g/mol. The minimum atomic E-state index is -0.0610. The zero-order valence-electron chi connectivity index (χ0n) is 18.6. The Morgan fingerprint density at radius 2 is 1.80 bits per heavy atom. The maximum Gasteiger partial charge on any atom is 0.258 e. The molecule has 0 N–H and O–H groups in total. The highest BCUT2D eigenvalue weighted by molar-refractivity contribution is 7.99. The smallest absolute Gasteiger partial charge is 0.258 e. The number of nitrogens with zero attached hydrogens (tertiary/aromatic N) is 2. The fraction of sp³-hybridized carbons (Fsp3) is 0.500. The number of benzene rings is 2. The molecule has 1 aliphatic rings. The van der Waals surface area contributed by atoms with Crippen molar-refractivity contribution in [2.75, 3.05) is 25.6 Å². The van der Waals surface area contributed by atoms with Gasteiger partial charge in [0.15, 0.2) is 11.4 Å². The molecule has 0 saturated carbocycles. The van der Waals surface area contributed by atoms with E-state index in [2.05, 4.69) is 45.8 Å². The second kappa shape index (κ2) is 9.40. The van der Waals surface area contributed by atoms with Crippen molar-refractivity contribution in [2.45, 2.75) is 51.3 Å². The fourth-order valence-electron chi connectivity index (χ4n) is 3.98. The van der Waals surface area contributed by atoms with E-state index in [1.807, 2.05) is 30.3 Å². The van der Waals surface area contributed by atoms with Gasteiger partial charge in [-0.1, -0.05) is 52.8 Å². The molecule has 1 aliphatic heterocycles. The van der Waals surface area contributed by atoms with Crippen LogP contribution in [0.2, 0.25) is 0 Å². The third kappa shape index (κ3) is 5.99. The van der Waals surface area contributed by atoms with Crippen molar-refractivity contribution in [1.29, 1.82) is 0 Å². The Bertz CT molecular complexity index is 904. The first kappa shape index (κ1) is 22.6. The summed E-state index contributed by atoms with van der Waals surface area (Å²) in [7, 11) is 0. The highest BCUT2D eigenvalue weighted by Crippen LogP contribution is 2.40. The van der Waals surface area contributed by atoms with Crippen LogP contribution in [-0.4, -0.2) is 30.4 Å². The average Bonchev–Trinajstić information content (AvgIpc) is 2.67. The lowest BCUT2D eigenvalue weighted by molar-refractivity contribution is -0.438. The molecule has 0 atom stereocenters. The van der Waals surface area contributed by atoms with Gasteiger partial charge >= 0.3 is 0 Å². The third-order valence-corrected chi connectivity index (χ3v) is 5.98. The van der Waals surface area contributed by atoms with E-state index in [0.29, 0.717) is 41.8 Å². The molecule has 0 aromatic heterocycles. The molecule has 0 amide bonds. The highest BCUT2D eigenvalue weighted by atomic mass is 32.2. The van der Waals surface area contributed by atoms with Gasteiger partial charge in [0.25, 0.3) is 5.69 Å². The van der Waals surface area contributed by atoms with Gasteiger partial charge in [-0.25, -0.2) is 0 Å². The highest BCUT2D eigenvalue weighted by Gasteiger charge is 2.28. The van der Waals surface area contributed by atoms with Gasteiger partial charge in [0.2, 0.25) is 0 Å². The lowest BCUT2D eigenvalue weighted by Gasteiger charge is -2.33. The van der Waals surface area contributed by atoms with Gasteiger partial charge in [0.1, 0.15) is 6.61 Å². The molecule has 30 heavy (non-hydrogen) atoms. The van der Waals surface area contributed by atoms with Crippen molar-refractivity contribution in [2.24, 2.45) is 10.5 Å². The van der Waals surface area contributed by atoms with Gasteiger partial charge in [0, 0.05) is 16.9 Å². The quantitative estimate of drug-likeness (QED) is 0.389. The van der Waals surface area contributed by atoms with Crippen LogP contribution in [-0.2, 0) is 10.2 Å². The second-order valence-electron chi connectivity index (χ2n) is 9.45. The zero-order chi connectivity index (χ0) is 21.8. The summed E-state index contributed by atoms with van der Waals surface area (Å²) in [4.78, 5) is 1.61. The Morgan fingerprint density at radius 3 is 2.57 bits per heavy atom. The molecule has 0 spiro atoms. The predicted octanol–water partition coefficient (Wildman–Crippen LogP) is 6.83. The molecule has 0 saturated heterocycles. The largest absolute Gasteiger partial charge is 0.594 e. The number of ether oxygens (including phenoxy) is 2. The van der Waals surface area contributed by atoms with E-state index >= 15 is 0 Å². The Hall–Kier alpha value is -2.05. The number of azo groups is 1. The van der Waals surface area contributed by atoms with Gasteiger partial charge in [-0.2, -0.15) is 0 Å². The Balaban J connectivity index is 2.05. The van der Waals surface area contributed by atoms with Crippen molar-refractivity contribution in [3.63, 3.8) is 0 Å². The molecule has 1 heterocycles. The van der Waals surface area contributed by atoms with Crippen molar-refractivity contribution < 1.29 is 14.3 Å². The summed E-state index contributed by atoms with van der Waals surface area (Å²) in [6.07, 6.45) is 1.01. The van der Waals surface area contributed by atoms with Gasteiger partial charge in [-0.15, -0.1) is 11.8 Å². The molecule has 6 heteroatoms. The van der Waals surface area contributed by atoms with E-state index < -0.39 is 0 Å². The number of hydrogen-bond acceptors (Lipinski definition) is 5. The normalized spacial score (nSPS) is 16.1. The monoisotopic (exact) mass is 428 g/mol. The van der Waals surface area contributed by atoms with Crippen LogP contribution in [0, 0.1) is 10.6 Å². The van der Waals surface area contributed by atoms with Gasteiger partial charge in [0.05, 0.1) is 18.1 Å². The SMILES string of the molecule is CC(C)(C)CC(C)(C)c1ccc2c(c1)N=[N+]([O-])c1ccccc1SCCOCCO2. The van der Waals surface area contributed by atoms with Gasteiger partial charge in [-0.05, 0) is 45.9 Å². The lowest BCUT2D eigenvalue weighted by Crippen LogP contribution is -2.24. The minimum Gasteiger partial charge on any atom is -0.594 e. The van der Waals surface area contributed by atoms with E-state index in [9.17, 15) is 5.21 Å². The van der Waals surface area contributed by atoms with Crippen molar-refractivity contribution in [3.05, 3.63) is 53.2 Å². The number of thioether (sulfide) groups is 1. The van der Waals surface area contributed by atoms with Crippen LogP contribution in [0.3, 0.4) is 0 Å². The average molecular weight is 429 g/mol. The second-order valence-corrected chi connectivity index (χ2v) is 10.6. The van der Waals surface area contributed by atoms with Crippen molar-refractivity contribution in [1.82, 2.24) is 0 Å². The van der Waals surface area contributed by atoms with Crippen LogP contribution >= 0.6 is 11.8 Å². The first-order valence-electron chi connectivity index (χ1n) is 10.4. The third-order valence-electron chi connectivity index (χ3n) is 4.95. The Labute approximate surface area is 184 Å². The number of para-hydroxylation sites is 1. The first-order valence-corrected chi connectivity index (χ1v) is 11.4. The zero-order valence-corrected chi connectivity index (χ0v) is 19.4. The summed E-state index contributed by atoms with van der Waals surface area (Å²) < 4.78 is 11.6. The first-order chi connectivity index (χ1) is 14.2. The minimum absolute atomic E-state index is 0.0610. The van der Waals surface area contributed by atoms with Crippen LogP contribution in [0.4, 0.5) is 11.4 Å². The Kier molecular flexibility index (Phi) is 7.09. The fourth-order valence-corrected chi connectivity index (χ4v) is 4.87.